The van der Waals surface area contributed by atoms with Crippen LogP contribution < -0.4 is 10.1 Å². The summed E-state index contributed by atoms with van der Waals surface area (Å²) in [6.07, 6.45) is 8.48. The molecule has 1 unspecified atom stereocenters. The van der Waals surface area contributed by atoms with Gasteiger partial charge in [-0.25, -0.2) is 9.38 Å². The summed E-state index contributed by atoms with van der Waals surface area (Å²) in [5.74, 6) is 1.06. The van der Waals surface area contributed by atoms with Crippen molar-refractivity contribution >= 4 is 22.9 Å². The Bertz CT molecular complexity index is 1360. The molecule has 1 aliphatic heterocycles. The Kier molecular flexibility index (Phi) is 6.07. The van der Waals surface area contributed by atoms with Crippen molar-refractivity contribution < 1.29 is 9.13 Å². The van der Waals surface area contributed by atoms with E-state index in [4.69, 9.17) is 19.7 Å². The summed E-state index contributed by atoms with van der Waals surface area (Å²) in [7, 11) is 1.65. The highest BCUT2D eigenvalue weighted by molar-refractivity contribution is 6.36. The monoisotopic (exact) mass is 451 g/mol. The number of allylic oxidation sites excluding steroid dienone is 3. The zero-order valence-electron chi connectivity index (χ0n) is 18.5. The lowest BCUT2D eigenvalue weighted by Crippen LogP contribution is -2.27. The quantitative estimate of drug-likeness (QED) is 0.533. The lowest BCUT2D eigenvalue weighted by atomic mass is 9.98. The van der Waals surface area contributed by atoms with Crippen LogP contribution in [0.2, 0.25) is 0 Å². The van der Waals surface area contributed by atoms with E-state index < -0.39 is 6.17 Å². The maximum atomic E-state index is 14.5. The van der Waals surface area contributed by atoms with Gasteiger partial charge >= 0.3 is 0 Å². The molecule has 3 aromatic rings. The van der Waals surface area contributed by atoms with Crippen LogP contribution in [0.3, 0.4) is 0 Å². The van der Waals surface area contributed by atoms with E-state index >= 15 is 0 Å². The smallest absolute Gasteiger partial charge is 0.170 e. The molecule has 0 saturated carbocycles. The summed E-state index contributed by atoms with van der Waals surface area (Å²) in [5, 5.41) is 3.34. The van der Waals surface area contributed by atoms with Gasteiger partial charge in [0.25, 0.3) is 0 Å². The van der Waals surface area contributed by atoms with Gasteiger partial charge in [-0.15, -0.1) is 0 Å². The lowest BCUT2D eigenvalue weighted by Gasteiger charge is -2.24. The Labute approximate surface area is 197 Å². The molecule has 168 valence electrons. The molecule has 0 bridgehead atoms. The Morgan fingerprint density at radius 1 is 1.00 bits per heavy atom. The number of methoxy groups -OCH3 is 1. The van der Waals surface area contributed by atoms with Gasteiger partial charge in [0.05, 0.1) is 25.1 Å². The maximum Gasteiger partial charge on any atom is 0.170 e. The third-order valence-electron chi connectivity index (χ3n) is 5.45. The van der Waals surface area contributed by atoms with Gasteiger partial charge in [-0.3, -0.25) is 15.0 Å². The second-order valence-electron chi connectivity index (χ2n) is 7.73. The van der Waals surface area contributed by atoms with Crippen molar-refractivity contribution in [1.82, 2.24) is 4.98 Å². The molecule has 2 aliphatic rings. The highest BCUT2D eigenvalue weighted by Gasteiger charge is 2.26. The van der Waals surface area contributed by atoms with E-state index in [-0.39, 0.29) is 5.82 Å². The van der Waals surface area contributed by atoms with E-state index in [1.54, 1.807) is 37.7 Å². The van der Waals surface area contributed by atoms with Crippen LogP contribution in [0.5, 0.6) is 5.75 Å². The SMILES string of the molecule is COc1cccc(CN=C2C=CC3=NC(c4ccccc4F)N=C(Nc4ccncc4)C3=C2)c1. The molecule has 0 amide bonds. The Hall–Kier alpha value is -4.39. The summed E-state index contributed by atoms with van der Waals surface area (Å²) in [6.45, 7) is 0.509. The van der Waals surface area contributed by atoms with E-state index in [9.17, 15) is 4.39 Å². The number of rotatable bonds is 5. The van der Waals surface area contributed by atoms with E-state index in [1.807, 2.05) is 54.6 Å². The first-order valence-corrected chi connectivity index (χ1v) is 10.8. The third kappa shape index (κ3) is 4.68. The van der Waals surface area contributed by atoms with Crippen molar-refractivity contribution in [3.05, 3.63) is 114 Å². The predicted octanol–water partition coefficient (Wildman–Crippen LogP) is 5.33. The van der Waals surface area contributed by atoms with Crippen LogP contribution in [0.1, 0.15) is 17.3 Å². The van der Waals surface area contributed by atoms with Crippen LogP contribution in [0.25, 0.3) is 0 Å². The predicted molar refractivity (Wildman–Crippen MR) is 133 cm³/mol. The minimum Gasteiger partial charge on any atom is -0.497 e. The summed E-state index contributed by atoms with van der Waals surface area (Å²) in [5.41, 5.74) is 4.62. The second-order valence-corrected chi connectivity index (χ2v) is 7.73. The molecule has 0 fully saturated rings. The highest BCUT2D eigenvalue weighted by Crippen LogP contribution is 2.29. The highest BCUT2D eigenvalue weighted by atomic mass is 19.1. The van der Waals surface area contributed by atoms with Crippen LogP contribution in [-0.2, 0) is 6.54 Å². The molecule has 0 spiro atoms. The number of hydrogen-bond acceptors (Lipinski definition) is 6. The number of ether oxygens (including phenoxy) is 1. The van der Waals surface area contributed by atoms with Crippen LogP contribution in [0.15, 0.2) is 112 Å². The number of hydrogen-bond donors (Lipinski definition) is 1. The third-order valence-corrected chi connectivity index (χ3v) is 5.45. The Morgan fingerprint density at radius 2 is 1.85 bits per heavy atom. The van der Waals surface area contributed by atoms with Crippen LogP contribution >= 0.6 is 0 Å². The topological polar surface area (TPSA) is 71.2 Å². The number of halogens is 1. The summed E-state index contributed by atoms with van der Waals surface area (Å²) in [4.78, 5) is 18.3. The number of benzene rings is 2. The minimum absolute atomic E-state index is 0.336. The number of nitrogens with zero attached hydrogens (tertiary/aromatic N) is 4. The number of fused-ring (bicyclic) bond motifs is 1. The van der Waals surface area contributed by atoms with Gasteiger partial charge in [-0.1, -0.05) is 30.3 Å². The zero-order valence-corrected chi connectivity index (χ0v) is 18.5. The van der Waals surface area contributed by atoms with Gasteiger partial charge in [0, 0.05) is 29.2 Å². The fraction of sp³-hybridized carbons (Fsp3) is 0.111. The molecule has 1 aromatic heterocycles. The Morgan fingerprint density at radius 3 is 2.68 bits per heavy atom. The van der Waals surface area contributed by atoms with Gasteiger partial charge in [0.1, 0.15) is 17.4 Å². The minimum atomic E-state index is -0.683. The first-order valence-electron chi connectivity index (χ1n) is 10.8. The first kappa shape index (κ1) is 21.5. The van der Waals surface area contributed by atoms with Gasteiger partial charge in [0.2, 0.25) is 0 Å². The largest absolute Gasteiger partial charge is 0.497 e. The molecule has 1 N–H and O–H groups in total. The molecule has 7 heteroatoms. The number of aliphatic imine (C=N–C) groups is 3. The van der Waals surface area contributed by atoms with E-state index in [0.29, 0.717) is 17.9 Å². The molecule has 0 radical (unpaired) electrons. The van der Waals surface area contributed by atoms with Crippen molar-refractivity contribution in [3.8, 4) is 5.75 Å². The van der Waals surface area contributed by atoms with Gasteiger partial charge in [-0.05, 0) is 54.1 Å². The summed E-state index contributed by atoms with van der Waals surface area (Å²) >= 11 is 0. The molecule has 5 rings (SSSR count). The average molecular weight is 452 g/mol. The fourth-order valence-corrected chi connectivity index (χ4v) is 3.73. The molecule has 2 aromatic carbocycles. The van der Waals surface area contributed by atoms with Gasteiger partial charge < -0.3 is 10.1 Å². The van der Waals surface area contributed by atoms with Crippen LogP contribution in [-0.4, -0.2) is 29.4 Å². The van der Waals surface area contributed by atoms with E-state index in [0.717, 1.165) is 34.0 Å². The number of pyridine rings is 1. The van der Waals surface area contributed by atoms with Crippen LogP contribution in [0.4, 0.5) is 10.1 Å². The normalized spacial score (nSPS) is 18.0. The van der Waals surface area contributed by atoms with Gasteiger partial charge in [-0.2, -0.15) is 0 Å². The number of amidine groups is 1. The molecular formula is C27H22FN5O. The molecule has 2 heterocycles. The molecule has 0 saturated heterocycles. The van der Waals surface area contributed by atoms with Crippen molar-refractivity contribution in [2.45, 2.75) is 12.7 Å². The van der Waals surface area contributed by atoms with Crippen molar-refractivity contribution in [3.63, 3.8) is 0 Å². The summed E-state index contributed by atoms with van der Waals surface area (Å²) < 4.78 is 19.8. The fourth-order valence-electron chi connectivity index (χ4n) is 3.73. The molecular weight excluding hydrogens is 429 g/mol. The van der Waals surface area contributed by atoms with Crippen LogP contribution in [0, 0.1) is 5.82 Å². The maximum absolute atomic E-state index is 14.5. The van der Waals surface area contributed by atoms with Gasteiger partial charge in [0.15, 0.2) is 6.17 Å². The van der Waals surface area contributed by atoms with Crippen molar-refractivity contribution in [1.29, 1.82) is 0 Å². The second kappa shape index (κ2) is 9.62. The molecule has 34 heavy (non-hydrogen) atoms. The standard InChI is InChI=1S/C27H22FN5O/c1-34-21-6-4-5-18(15-21)17-30-20-9-10-25-23(16-20)27(31-19-11-13-29-14-12-19)33-26(32-25)22-7-2-3-8-24(22)28/h2-16,26H,17H2,1H3,(H,29,31,33). The number of aromatic nitrogens is 1. The molecule has 1 atom stereocenters. The number of nitrogens with one attached hydrogen (secondary N) is 1. The van der Waals surface area contributed by atoms with Crippen molar-refractivity contribution in [2.75, 3.05) is 12.4 Å². The molecule has 1 aliphatic carbocycles. The van der Waals surface area contributed by atoms with E-state index in [1.165, 1.54) is 6.07 Å². The average Bonchev–Trinajstić information content (AvgIpc) is 2.88. The molecule has 6 nitrogen and oxygen atoms in total. The lowest BCUT2D eigenvalue weighted by molar-refractivity contribution is 0.414. The zero-order chi connectivity index (χ0) is 23.3. The summed E-state index contributed by atoms with van der Waals surface area (Å²) in [6, 6.07) is 18.1. The van der Waals surface area contributed by atoms with Crippen molar-refractivity contribution in [2.24, 2.45) is 15.0 Å². The first-order chi connectivity index (χ1) is 16.7. The Balaban J connectivity index is 1.48. The number of anilines is 1. The van der Waals surface area contributed by atoms with E-state index in [2.05, 4.69) is 10.3 Å².